The molecule has 0 atom stereocenters. The highest BCUT2D eigenvalue weighted by Gasteiger charge is 2.35. The minimum Gasteiger partial charge on any atom is -0.443 e. The summed E-state index contributed by atoms with van der Waals surface area (Å²) in [6.45, 7) is 6.03. The van der Waals surface area contributed by atoms with Gasteiger partial charge in [-0.2, -0.15) is 15.0 Å². The van der Waals surface area contributed by atoms with E-state index in [1.807, 2.05) is 19.2 Å². The number of aromatic nitrogens is 7. The maximum atomic E-state index is 11.2. The molecule has 5 rings (SSSR count). The summed E-state index contributed by atoms with van der Waals surface area (Å²) in [6.07, 6.45) is 9.19. The van der Waals surface area contributed by atoms with Gasteiger partial charge in [0.1, 0.15) is 17.4 Å². The summed E-state index contributed by atoms with van der Waals surface area (Å²) in [5.74, 6) is 0.798. The van der Waals surface area contributed by atoms with Crippen LogP contribution in [-0.2, 0) is 4.74 Å². The van der Waals surface area contributed by atoms with Gasteiger partial charge in [0.2, 0.25) is 0 Å². The molecule has 4 aromatic heterocycles. The lowest BCUT2D eigenvalue weighted by molar-refractivity contribution is -0.00130. The third kappa shape index (κ3) is 4.93. The van der Waals surface area contributed by atoms with E-state index in [1.54, 1.807) is 27.8 Å². The van der Waals surface area contributed by atoms with E-state index >= 15 is 0 Å². The molecular formula is C25H28N10O2. The quantitative estimate of drug-likeness (QED) is 0.403. The van der Waals surface area contributed by atoms with Crippen LogP contribution in [0.2, 0.25) is 0 Å². The second kappa shape index (κ2) is 9.50. The number of amides is 1. The molecule has 0 aliphatic heterocycles. The number of primary amides is 1. The number of pyridine rings is 2. The Labute approximate surface area is 213 Å². The number of nitrogens with zero attached hydrogens (tertiary/aromatic N) is 8. The molecule has 1 aliphatic carbocycles. The van der Waals surface area contributed by atoms with E-state index in [0.717, 1.165) is 35.3 Å². The third-order valence-corrected chi connectivity index (χ3v) is 6.63. The first-order valence-corrected chi connectivity index (χ1v) is 12.2. The molecule has 12 heteroatoms. The zero-order valence-electron chi connectivity index (χ0n) is 20.9. The number of nitrogens with two attached hydrogens (primary N) is 1. The van der Waals surface area contributed by atoms with Gasteiger partial charge in [-0.25, -0.2) is 19.4 Å². The van der Waals surface area contributed by atoms with Gasteiger partial charge in [-0.1, -0.05) is 5.21 Å². The maximum Gasteiger partial charge on any atom is 0.405 e. The van der Waals surface area contributed by atoms with Crippen LogP contribution in [0, 0.1) is 11.3 Å². The predicted octanol–water partition coefficient (Wildman–Crippen LogP) is 3.60. The zero-order chi connectivity index (χ0) is 26.2. The van der Waals surface area contributed by atoms with Crippen LogP contribution in [0.25, 0.3) is 22.5 Å². The average Bonchev–Trinajstić information content (AvgIpc) is 3.50. The minimum absolute atomic E-state index is 0.156. The summed E-state index contributed by atoms with van der Waals surface area (Å²) in [7, 11) is 0. The summed E-state index contributed by atoms with van der Waals surface area (Å²) in [5.41, 5.74) is 8.25. The van der Waals surface area contributed by atoms with Crippen molar-refractivity contribution in [3.63, 3.8) is 0 Å². The normalized spacial score (nSPS) is 19.6. The summed E-state index contributed by atoms with van der Waals surface area (Å²) in [6, 6.07) is 5.90. The first-order valence-electron chi connectivity index (χ1n) is 12.2. The third-order valence-electron chi connectivity index (χ3n) is 6.63. The van der Waals surface area contributed by atoms with Gasteiger partial charge >= 0.3 is 6.09 Å². The van der Waals surface area contributed by atoms with Crippen LogP contribution in [0.1, 0.15) is 63.6 Å². The molecule has 0 radical (unpaired) electrons. The van der Waals surface area contributed by atoms with Gasteiger partial charge in [-0.05, 0) is 52.5 Å². The van der Waals surface area contributed by atoms with E-state index < -0.39 is 11.7 Å². The van der Waals surface area contributed by atoms with Crippen molar-refractivity contribution in [2.45, 2.75) is 64.0 Å². The topological polar surface area (TPSA) is 162 Å². The van der Waals surface area contributed by atoms with Gasteiger partial charge in [0.25, 0.3) is 0 Å². The summed E-state index contributed by atoms with van der Waals surface area (Å²) in [4.78, 5) is 20.3. The number of hydrogen-bond acceptors (Lipinski definition) is 9. The lowest BCUT2D eigenvalue weighted by Gasteiger charge is -2.35. The van der Waals surface area contributed by atoms with Crippen molar-refractivity contribution in [1.29, 1.82) is 5.26 Å². The largest absolute Gasteiger partial charge is 0.443 e. The average molecular weight is 501 g/mol. The molecular weight excluding hydrogens is 472 g/mol. The fourth-order valence-electron chi connectivity index (χ4n) is 4.76. The van der Waals surface area contributed by atoms with Crippen molar-refractivity contribution < 1.29 is 9.53 Å². The Morgan fingerprint density at radius 3 is 2.73 bits per heavy atom. The molecule has 1 amide bonds. The van der Waals surface area contributed by atoms with Crippen LogP contribution in [-0.4, -0.2) is 52.5 Å². The number of ether oxygens (including phenoxy) is 1. The van der Waals surface area contributed by atoms with E-state index in [1.165, 1.54) is 6.20 Å². The Kier molecular flexibility index (Phi) is 6.20. The molecule has 37 heavy (non-hydrogen) atoms. The first-order chi connectivity index (χ1) is 17.7. The van der Waals surface area contributed by atoms with E-state index in [4.69, 9.17) is 15.7 Å². The standard InChI is InChI=1S/C25H28N10O2/c1-15(2)31-19-9-22(35-23-18(12-30-35)8-16(10-26)11-29-23)28-13-21(19)34-14-20(32-33-34)17-4-6-25(3,7-5-17)37-24(27)36/h8-9,11-15,17H,4-7H2,1-3H3,(H2,27,36)(H,28,31). The number of nitriles is 1. The van der Waals surface area contributed by atoms with E-state index in [-0.39, 0.29) is 12.0 Å². The fourth-order valence-corrected chi connectivity index (χ4v) is 4.76. The van der Waals surface area contributed by atoms with Crippen LogP contribution < -0.4 is 11.1 Å². The smallest absolute Gasteiger partial charge is 0.405 e. The summed E-state index contributed by atoms with van der Waals surface area (Å²) in [5, 5.41) is 26.6. The molecule has 12 nitrogen and oxygen atoms in total. The molecule has 3 N–H and O–H groups in total. The van der Waals surface area contributed by atoms with Gasteiger partial charge in [0, 0.05) is 29.6 Å². The van der Waals surface area contributed by atoms with E-state index in [0.29, 0.717) is 29.9 Å². The fraction of sp³-hybridized carbons (Fsp3) is 0.400. The number of nitrogens with one attached hydrogen (secondary N) is 1. The highest BCUT2D eigenvalue weighted by atomic mass is 16.6. The molecule has 0 saturated heterocycles. The van der Waals surface area contributed by atoms with E-state index in [2.05, 4.69) is 50.6 Å². The minimum atomic E-state index is -0.737. The Balaban J connectivity index is 1.42. The lowest BCUT2D eigenvalue weighted by atomic mass is 9.78. The number of fused-ring (bicyclic) bond motifs is 1. The van der Waals surface area contributed by atoms with Gasteiger partial charge in [-0.3, -0.25) is 0 Å². The molecule has 0 aromatic carbocycles. The van der Waals surface area contributed by atoms with Crippen molar-refractivity contribution in [3.8, 4) is 17.6 Å². The Morgan fingerprint density at radius 1 is 1.24 bits per heavy atom. The number of carbonyl (C=O) groups is 1. The van der Waals surface area contributed by atoms with Crippen LogP contribution in [0.3, 0.4) is 0 Å². The number of anilines is 1. The van der Waals surface area contributed by atoms with Crippen LogP contribution in [0.5, 0.6) is 0 Å². The van der Waals surface area contributed by atoms with Crippen molar-refractivity contribution in [1.82, 2.24) is 34.7 Å². The molecule has 4 heterocycles. The number of rotatable bonds is 6. The van der Waals surface area contributed by atoms with Gasteiger partial charge < -0.3 is 15.8 Å². The van der Waals surface area contributed by atoms with Crippen molar-refractivity contribution in [3.05, 3.63) is 48.2 Å². The van der Waals surface area contributed by atoms with Crippen molar-refractivity contribution in [2.75, 3.05) is 5.32 Å². The Morgan fingerprint density at radius 2 is 2.03 bits per heavy atom. The summed E-state index contributed by atoms with van der Waals surface area (Å²) < 4.78 is 8.70. The molecule has 4 aromatic rings. The van der Waals surface area contributed by atoms with Crippen molar-refractivity contribution in [2.24, 2.45) is 5.73 Å². The second-order valence-corrected chi connectivity index (χ2v) is 9.90. The first kappa shape index (κ1) is 24.2. The highest BCUT2D eigenvalue weighted by molar-refractivity contribution is 5.77. The van der Waals surface area contributed by atoms with Crippen LogP contribution in [0.15, 0.2) is 36.9 Å². The molecule has 190 valence electrons. The monoisotopic (exact) mass is 500 g/mol. The predicted molar refractivity (Wildman–Crippen MR) is 135 cm³/mol. The molecule has 1 saturated carbocycles. The van der Waals surface area contributed by atoms with Gasteiger partial charge in [0.15, 0.2) is 11.5 Å². The molecule has 0 spiro atoms. The Hall–Kier alpha value is -4.53. The highest BCUT2D eigenvalue weighted by Crippen LogP contribution is 2.39. The molecule has 0 unspecified atom stereocenters. The van der Waals surface area contributed by atoms with Crippen molar-refractivity contribution >= 4 is 22.8 Å². The van der Waals surface area contributed by atoms with Crippen LogP contribution in [0.4, 0.5) is 10.5 Å². The zero-order valence-corrected chi connectivity index (χ0v) is 20.9. The lowest BCUT2D eigenvalue weighted by Crippen LogP contribution is -2.37. The van der Waals surface area contributed by atoms with Gasteiger partial charge in [0.05, 0.1) is 35.5 Å². The summed E-state index contributed by atoms with van der Waals surface area (Å²) >= 11 is 0. The SMILES string of the molecule is CC(C)Nc1cc(-n2ncc3cc(C#N)cnc32)ncc1-n1cc(C2CCC(C)(OC(N)=O)CC2)nn1. The second-order valence-electron chi connectivity index (χ2n) is 9.90. The van der Waals surface area contributed by atoms with Gasteiger partial charge in [-0.15, -0.1) is 5.10 Å². The molecule has 1 fully saturated rings. The van der Waals surface area contributed by atoms with Crippen LogP contribution >= 0.6 is 0 Å². The maximum absolute atomic E-state index is 11.2. The Bertz CT molecular complexity index is 1490. The molecule has 0 bridgehead atoms. The number of carbonyl (C=O) groups excluding carboxylic acids is 1. The number of hydrogen-bond donors (Lipinski definition) is 2. The molecule has 1 aliphatic rings. The van der Waals surface area contributed by atoms with E-state index in [9.17, 15) is 4.79 Å².